The van der Waals surface area contributed by atoms with Crippen molar-refractivity contribution in [2.24, 2.45) is 11.5 Å². The Hall–Kier alpha value is -9.49. The van der Waals surface area contributed by atoms with Crippen LogP contribution < -0.4 is 64.6 Å². The number of benzene rings is 1. The van der Waals surface area contributed by atoms with Crippen LogP contribution in [-0.4, -0.2) is 221 Å². The molecule has 1 aromatic carbocycles. The average molecular weight is 1370 g/mol. The van der Waals surface area contributed by atoms with Crippen molar-refractivity contribution < 1.29 is 103 Å². The number of amides is 12. The molecule has 1 fully saturated rings. The van der Waals surface area contributed by atoms with Crippen molar-refractivity contribution in [3.63, 3.8) is 0 Å². The molecular weight excluding hydrogens is 1280 g/mol. The molecule has 1 saturated heterocycles. The zero-order valence-electron chi connectivity index (χ0n) is 54.1. The molecule has 0 unspecified atom stereocenters. The van der Waals surface area contributed by atoms with E-state index in [0.29, 0.717) is 6.42 Å². The number of nitrogens with two attached hydrogens (primary N) is 2. The molecule has 3 aliphatic rings. The van der Waals surface area contributed by atoms with Crippen molar-refractivity contribution in [1.29, 1.82) is 0 Å². The second-order valence-corrected chi connectivity index (χ2v) is 23.3. The predicted octanol–water partition coefficient (Wildman–Crippen LogP) is -6.00. The van der Waals surface area contributed by atoms with Crippen molar-refractivity contribution in [2.45, 2.75) is 197 Å². The molecule has 4 heterocycles. The van der Waals surface area contributed by atoms with Crippen LogP contribution in [0, 0.1) is 0 Å². The van der Waals surface area contributed by atoms with E-state index < -0.39 is 225 Å². The summed E-state index contributed by atoms with van der Waals surface area (Å²) in [7, 11) is 0. The van der Waals surface area contributed by atoms with Crippen molar-refractivity contribution in [3.8, 4) is 17.0 Å². The molecule has 0 spiro atoms. The van der Waals surface area contributed by atoms with Crippen molar-refractivity contribution >= 4 is 70.9 Å². The molecule has 5 rings (SSSR count). The highest BCUT2D eigenvalue weighted by Crippen LogP contribution is 2.32. The molecule has 4 bridgehead atoms. The van der Waals surface area contributed by atoms with E-state index in [4.69, 9.17) is 20.9 Å². The van der Waals surface area contributed by atoms with Gasteiger partial charge in [0.15, 0.2) is 12.4 Å². The predicted molar refractivity (Wildman–Crippen MR) is 339 cm³/mol. The summed E-state index contributed by atoms with van der Waals surface area (Å²) in [5, 5.41) is 99.7. The fraction of sp³-hybridized carbons (Fsp3) is 0.532. The van der Waals surface area contributed by atoms with Crippen LogP contribution in [0.3, 0.4) is 0 Å². The third-order valence-corrected chi connectivity index (χ3v) is 15.7. The molecule has 22 N–H and O–H groups in total. The number of aromatic amines is 1. The second-order valence-electron chi connectivity index (χ2n) is 23.3. The maximum atomic E-state index is 15.0. The minimum Gasteiger partial charge on any atom is -0.507 e. The number of phenolic OH excluding ortho intramolecular Hbond substituents is 1. The quantitative estimate of drug-likeness (QED) is 0.0296. The summed E-state index contributed by atoms with van der Waals surface area (Å²) in [5.74, 6) is -15.2. The van der Waals surface area contributed by atoms with Gasteiger partial charge in [0.05, 0.1) is 49.8 Å². The van der Waals surface area contributed by atoms with Gasteiger partial charge in [-0.25, -0.2) is 4.98 Å². The molecule has 35 heteroatoms. The van der Waals surface area contributed by atoms with Crippen molar-refractivity contribution in [2.75, 3.05) is 13.2 Å². The highest BCUT2D eigenvalue weighted by Gasteiger charge is 2.43. The van der Waals surface area contributed by atoms with Crippen LogP contribution in [0.25, 0.3) is 11.3 Å². The number of carbonyl (C=O) groups is 12. The van der Waals surface area contributed by atoms with Crippen molar-refractivity contribution in [1.82, 2.24) is 63.1 Å². The van der Waals surface area contributed by atoms with E-state index in [1.165, 1.54) is 44.2 Å². The minimum atomic E-state index is -2.25. The average Bonchev–Trinajstić information content (AvgIpc) is 1.80. The number of rotatable bonds is 22. The topological polar surface area (TPSA) is 566 Å². The second kappa shape index (κ2) is 37.7. The number of aliphatic hydroxyl groups excluding tert-OH is 6. The molecule has 15 atom stereocenters. The van der Waals surface area contributed by atoms with Gasteiger partial charge in [-0.3, -0.25) is 57.5 Å². The molecule has 35 nitrogen and oxygen atoms in total. The third kappa shape index (κ3) is 23.1. The zero-order valence-corrected chi connectivity index (χ0v) is 54.1. The maximum absolute atomic E-state index is 15.0. The smallest absolute Gasteiger partial charge is 0.268 e. The number of hydrogen-bond donors (Lipinski definition) is 20. The number of aliphatic hydroxyl groups is 6. The summed E-state index contributed by atoms with van der Waals surface area (Å²) in [5.41, 5.74) is 9.41. The maximum Gasteiger partial charge on any atom is 0.268 e. The number of aromatic hydroxyl groups is 1. The lowest BCUT2D eigenvalue weighted by Gasteiger charge is -2.36. The van der Waals surface area contributed by atoms with E-state index in [9.17, 15) is 93.3 Å². The monoisotopic (exact) mass is 1360 g/mol. The van der Waals surface area contributed by atoms with Gasteiger partial charge < -0.3 is 115 Å². The first-order chi connectivity index (χ1) is 46.0. The van der Waals surface area contributed by atoms with E-state index in [2.05, 4.69) is 70.1 Å². The van der Waals surface area contributed by atoms with Crippen LogP contribution in [0.2, 0.25) is 0 Å². The Morgan fingerprint density at radius 3 is 2.18 bits per heavy atom. The number of nitrogens with zero attached hydrogens (tertiary/aromatic N) is 1. The summed E-state index contributed by atoms with van der Waals surface area (Å²) < 4.78 is 11.1. The number of allylic oxidation sites excluding steroid dienone is 5. The Morgan fingerprint density at radius 1 is 0.804 bits per heavy atom. The standard InChI is InChI=1S/C62H88N14O21/c1-6-9-10-11-12-13-14-15-16-17-42(97-62-52(86)50(84)41(80)27-96-62)51(85)61(95)71-34(8-3)53(87)74-46-29(4)68-56(90)38-24-36-48(67-28-66-36)32-22-31(18-20-39(32)78)23-37(73-60(94)47(30(5)77)75-59(46)93)57(91)70-33(7-2)54(88)76-49(40(79)25-44(64)82)58(92)65-26-45(83)69-35(55(89)72-38)19-21-43(63)81/h7-8,14-18,20,22,28-30,35,37-38,40-42,46-47,49-52,62,77-80,84-86H,6,9-13,19,21,23-27H2,1-5H3,(H2,63,81)(H2,64,82)(H,65,92)(H,66,67)(H,68,90)(H,69,83)(H,70,91)(H,71,95)(H,72,89)(H,73,94)(H,74,87)(H,75,93)(H,76,88)/b15-14+,17-16+,33-7+,34-8+/t29-,30+,35+,37-,38-,40-,41+,42+,46-,47+,49+,50-,51-,52-,62+/m0/s1. The first-order valence-corrected chi connectivity index (χ1v) is 31.4. The Kier molecular flexibility index (Phi) is 30.4. The summed E-state index contributed by atoms with van der Waals surface area (Å²) in [6, 6.07) is -9.64. The molecule has 1 aromatic heterocycles. The molecule has 12 amide bonds. The highest BCUT2D eigenvalue weighted by molar-refractivity contribution is 6.04. The number of imidazole rings is 1. The van der Waals surface area contributed by atoms with Gasteiger partial charge in [-0.15, -0.1) is 0 Å². The minimum absolute atomic E-state index is 0.00419. The molecule has 97 heavy (non-hydrogen) atoms. The number of ether oxygens (including phenoxy) is 2. The largest absolute Gasteiger partial charge is 0.507 e. The van der Waals surface area contributed by atoms with Crippen LogP contribution in [0.1, 0.15) is 104 Å². The molecule has 2 aromatic rings. The Balaban J connectivity index is 1.63. The number of hydrogen-bond acceptors (Lipinski definition) is 22. The van der Waals surface area contributed by atoms with Crippen molar-refractivity contribution in [3.05, 3.63) is 83.6 Å². The summed E-state index contributed by atoms with van der Waals surface area (Å²) >= 11 is 0. The van der Waals surface area contributed by atoms with Crippen LogP contribution in [0.5, 0.6) is 5.75 Å². The van der Waals surface area contributed by atoms with Gasteiger partial charge in [-0.1, -0.05) is 75.1 Å². The number of unbranched alkanes of at least 4 members (excludes halogenated alkanes) is 5. The Bertz CT molecular complexity index is 3300. The van der Waals surface area contributed by atoms with Gasteiger partial charge in [0.1, 0.15) is 77.8 Å². The number of carbonyl (C=O) groups excluding carboxylic acids is 12. The van der Waals surface area contributed by atoms with Crippen LogP contribution in [-0.2, 0) is 79.8 Å². The van der Waals surface area contributed by atoms with E-state index >= 15 is 0 Å². The van der Waals surface area contributed by atoms with E-state index in [1.54, 1.807) is 6.08 Å². The van der Waals surface area contributed by atoms with Gasteiger partial charge in [0.2, 0.25) is 53.2 Å². The third-order valence-electron chi connectivity index (χ3n) is 15.7. The first kappa shape index (κ1) is 78.2. The SMILES string of the molecule is C/C=C1/NC(=O)[C@@H]2Cc3ccc(O)c(c3)-c3nc[nH]c3C[C@H](NC(=O)[C@@H](CCC(N)=O)NC(=O)CNC(=O)[C@@H]([C@@H](O)CC(N)=O)NC1=O)C(=O)N[C@@H](C)[C@H](NC(=O)/C(=C\C)NC(=O)[C@@H](O)[C@@H](/C=C/C=C/CCCCCCC)O[C@H]1OC[C@@H](O)[C@H](O)[C@@H]1O)C(=O)N[C@H]([C@@H](C)O)C(=O)N2. The van der Waals surface area contributed by atoms with E-state index in [0.717, 1.165) is 64.4 Å². The fourth-order valence-electron chi connectivity index (χ4n) is 10.2. The zero-order chi connectivity index (χ0) is 71.8. The summed E-state index contributed by atoms with van der Waals surface area (Å²) in [4.78, 5) is 175. The molecule has 0 aliphatic carbocycles. The number of H-pyrrole nitrogens is 1. The van der Waals surface area contributed by atoms with Gasteiger partial charge in [-0.05, 0) is 64.7 Å². The van der Waals surface area contributed by atoms with Gasteiger partial charge in [-0.2, -0.15) is 0 Å². The van der Waals surface area contributed by atoms with Gasteiger partial charge >= 0.3 is 0 Å². The molecule has 532 valence electrons. The van der Waals surface area contributed by atoms with Gasteiger partial charge in [0, 0.05) is 30.5 Å². The lowest BCUT2D eigenvalue weighted by Crippen LogP contribution is -2.64. The number of phenols is 1. The first-order valence-electron chi connectivity index (χ1n) is 31.4. The number of fused-ring (bicyclic) bond motifs is 2. The summed E-state index contributed by atoms with van der Waals surface area (Å²) in [6.07, 6.45) is -3.03. The molecule has 0 radical (unpaired) electrons. The van der Waals surface area contributed by atoms with Gasteiger partial charge in [0.25, 0.3) is 17.7 Å². The Labute approximate surface area is 556 Å². The van der Waals surface area contributed by atoms with Crippen LogP contribution in [0.15, 0.2) is 72.4 Å². The lowest BCUT2D eigenvalue weighted by molar-refractivity contribution is -0.283. The Morgan fingerprint density at radius 2 is 1.51 bits per heavy atom. The highest BCUT2D eigenvalue weighted by atomic mass is 16.7. The summed E-state index contributed by atoms with van der Waals surface area (Å²) in [6.45, 7) is 5.26. The van der Waals surface area contributed by atoms with E-state index in [1.807, 2.05) is 6.08 Å². The van der Waals surface area contributed by atoms with Crippen LogP contribution in [0.4, 0.5) is 0 Å². The molecule has 3 aliphatic heterocycles. The van der Waals surface area contributed by atoms with Crippen LogP contribution >= 0.6 is 0 Å². The number of nitrogens with one attached hydrogen (secondary N) is 11. The van der Waals surface area contributed by atoms with E-state index in [-0.39, 0.29) is 22.5 Å². The normalized spacial score (nSPS) is 26.3. The number of primary amides is 2. The molecule has 0 saturated carbocycles. The molecular formula is C62H88N14O21. The lowest BCUT2D eigenvalue weighted by atomic mass is 9.97. The number of aromatic nitrogens is 2. The fourth-order valence-corrected chi connectivity index (χ4v) is 10.2.